The molecule has 2 aliphatic rings. The van der Waals surface area contributed by atoms with Crippen molar-refractivity contribution in [1.29, 1.82) is 0 Å². The van der Waals surface area contributed by atoms with E-state index in [1.54, 1.807) is 4.90 Å². The van der Waals surface area contributed by atoms with Crippen LogP contribution in [-0.2, 0) is 17.8 Å². The zero-order valence-corrected chi connectivity index (χ0v) is 26.0. The van der Waals surface area contributed by atoms with Gasteiger partial charge in [0.15, 0.2) is 0 Å². The van der Waals surface area contributed by atoms with Crippen LogP contribution in [0.4, 0.5) is 4.39 Å². The van der Waals surface area contributed by atoms with Crippen molar-refractivity contribution in [1.82, 2.24) is 15.1 Å². The number of likely N-dealkylation sites (tertiary alicyclic amines) is 1. The third-order valence-electron chi connectivity index (χ3n) is 9.57. The number of nitrogens with one attached hydrogen (secondary N) is 1. The van der Waals surface area contributed by atoms with Crippen LogP contribution in [0.5, 0.6) is 0 Å². The molecule has 44 heavy (non-hydrogen) atoms. The molecule has 5 rings (SSSR count). The molecule has 2 amide bonds. The molecule has 3 aromatic carbocycles. The molecular formula is C37H47FN4O2. The first-order valence-electron chi connectivity index (χ1n) is 16.3. The standard InChI is InChI=1S/C37H47FN4O2/c1-27-10-14-32(15-11-27)37(44)42-21-19-34(23-35(42)36(43)40-25-31-9-5-8-30(22-31)24-39)41(20-18-28-6-3-2-4-7-28)26-29-12-16-33(38)17-13-29/h2-4,6-7,10-17,30-31,34-35H,5,8-9,18-26,39H2,1H3,(H,40,43)/t30?,31?,34?,35-/m1/s1. The van der Waals surface area contributed by atoms with Crippen molar-refractivity contribution < 1.29 is 14.0 Å². The molecule has 0 bridgehead atoms. The van der Waals surface area contributed by atoms with E-state index in [-0.39, 0.29) is 23.7 Å². The van der Waals surface area contributed by atoms with Crippen LogP contribution in [0, 0.1) is 24.6 Å². The highest BCUT2D eigenvalue weighted by molar-refractivity contribution is 5.97. The second kappa shape index (κ2) is 15.4. The first kappa shape index (κ1) is 31.9. The molecule has 1 saturated heterocycles. The minimum atomic E-state index is -0.566. The van der Waals surface area contributed by atoms with E-state index in [4.69, 9.17) is 5.73 Å². The number of hydrogen-bond donors (Lipinski definition) is 2. The van der Waals surface area contributed by atoms with Gasteiger partial charge in [-0.3, -0.25) is 14.5 Å². The third-order valence-corrected chi connectivity index (χ3v) is 9.57. The summed E-state index contributed by atoms with van der Waals surface area (Å²) in [5.74, 6) is 0.519. The van der Waals surface area contributed by atoms with Gasteiger partial charge in [-0.05, 0) is 99.2 Å². The Kier molecular flexibility index (Phi) is 11.2. The molecule has 3 aromatic rings. The van der Waals surface area contributed by atoms with Gasteiger partial charge in [0.2, 0.25) is 5.91 Å². The van der Waals surface area contributed by atoms with E-state index >= 15 is 0 Å². The molecule has 6 nitrogen and oxygen atoms in total. The largest absolute Gasteiger partial charge is 0.354 e. The van der Waals surface area contributed by atoms with E-state index in [0.29, 0.717) is 50.0 Å². The molecule has 1 saturated carbocycles. The number of amides is 2. The van der Waals surface area contributed by atoms with Crippen molar-refractivity contribution >= 4 is 11.8 Å². The number of nitrogens with zero attached hydrogens (tertiary/aromatic N) is 2. The molecule has 0 aromatic heterocycles. The maximum atomic E-state index is 13.9. The number of aryl methyl sites for hydroxylation is 1. The fraction of sp³-hybridized carbons (Fsp3) is 0.459. The van der Waals surface area contributed by atoms with Crippen molar-refractivity contribution in [2.24, 2.45) is 17.6 Å². The second-order valence-corrected chi connectivity index (χ2v) is 12.8. The van der Waals surface area contributed by atoms with E-state index in [2.05, 4.69) is 34.5 Å². The molecule has 1 heterocycles. The molecule has 3 N–H and O–H groups in total. The maximum Gasteiger partial charge on any atom is 0.254 e. The van der Waals surface area contributed by atoms with E-state index < -0.39 is 6.04 Å². The van der Waals surface area contributed by atoms with Gasteiger partial charge in [0.05, 0.1) is 0 Å². The first-order chi connectivity index (χ1) is 21.4. The average Bonchev–Trinajstić information content (AvgIpc) is 3.06. The minimum Gasteiger partial charge on any atom is -0.354 e. The Labute approximate surface area is 261 Å². The summed E-state index contributed by atoms with van der Waals surface area (Å²) < 4.78 is 13.7. The Morgan fingerprint density at radius 2 is 1.64 bits per heavy atom. The van der Waals surface area contributed by atoms with E-state index in [9.17, 15) is 14.0 Å². The summed E-state index contributed by atoms with van der Waals surface area (Å²) in [4.78, 5) is 32.0. The smallest absolute Gasteiger partial charge is 0.254 e. The number of piperidine rings is 1. The zero-order chi connectivity index (χ0) is 30.9. The monoisotopic (exact) mass is 598 g/mol. The zero-order valence-electron chi connectivity index (χ0n) is 26.0. The van der Waals surface area contributed by atoms with E-state index in [1.165, 1.54) is 17.7 Å². The van der Waals surface area contributed by atoms with Gasteiger partial charge < -0.3 is 16.0 Å². The van der Waals surface area contributed by atoms with Gasteiger partial charge in [-0.1, -0.05) is 66.6 Å². The summed E-state index contributed by atoms with van der Waals surface area (Å²) >= 11 is 0. The van der Waals surface area contributed by atoms with Gasteiger partial charge in [-0.15, -0.1) is 0 Å². The number of carbonyl (C=O) groups excluding carboxylic acids is 2. The van der Waals surface area contributed by atoms with Gasteiger partial charge in [0.25, 0.3) is 5.91 Å². The molecule has 7 heteroatoms. The highest BCUT2D eigenvalue weighted by atomic mass is 19.1. The quantitative estimate of drug-likeness (QED) is 0.295. The Morgan fingerprint density at radius 3 is 2.36 bits per heavy atom. The normalized spacial score (nSPS) is 22.1. The predicted octanol–water partition coefficient (Wildman–Crippen LogP) is 5.73. The van der Waals surface area contributed by atoms with Gasteiger partial charge in [0.1, 0.15) is 11.9 Å². The van der Waals surface area contributed by atoms with Crippen molar-refractivity contribution in [3.05, 3.63) is 107 Å². The molecule has 3 unspecified atom stereocenters. The minimum absolute atomic E-state index is 0.0742. The number of rotatable bonds is 11. The Morgan fingerprint density at radius 1 is 0.909 bits per heavy atom. The molecular weight excluding hydrogens is 551 g/mol. The third kappa shape index (κ3) is 8.54. The molecule has 2 fully saturated rings. The van der Waals surface area contributed by atoms with Crippen LogP contribution in [0.25, 0.3) is 0 Å². The summed E-state index contributed by atoms with van der Waals surface area (Å²) in [5.41, 5.74) is 9.95. The fourth-order valence-electron chi connectivity index (χ4n) is 6.93. The van der Waals surface area contributed by atoms with Gasteiger partial charge >= 0.3 is 0 Å². The molecule has 0 spiro atoms. The maximum absolute atomic E-state index is 13.9. The van der Waals surface area contributed by atoms with Crippen LogP contribution >= 0.6 is 0 Å². The topological polar surface area (TPSA) is 78.7 Å². The highest BCUT2D eigenvalue weighted by Gasteiger charge is 2.39. The summed E-state index contributed by atoms with van der Waals surface area (Å²) in [6, 6.07) is 24.2. The summed E-state index contributed by atoms with van der Waals surface area (Å²) in [6.07, 6.45) is 6.63. The molecule has 234 valence electrons. The van der Waals surface area contributed by atoms with Crippen LogP contribution in [0.1, 0.15) is 65.6 Å². The Bertz CT molecular complexity index is 1350. The van der Waals surface area contributed by atoms with Crippen LogP contribution in [0.2, 0.25) is 0 Å². The average molecular weight is 599 g/mol. The fourth-order valence-corrected chi connectivity index (χ4v) is 6.93. The number of benzene rings is 3. The van der Waals surface area contributed by atoms with Crippen molar-refractivity contribution in [3.63, 3.8) is 0 Å². The summed E-state index contributed by atoms with van der Waals surface area (Å²) in [6.45, 7) is 5.27. The number of hydrogen-bond acceptors (Lipinski definition) is 4. The lowest BCUT2D eigenvalue weighted by atomic mass is 9.81. The molecule has 4 atom stereocenters. The summed E-state index contributed by atoms with van der Waals surface area (Å²) in [7, 11) is 0. The van der Waals surface area contributed by atoms with Crippen molar-refractivity contribution in [3.8, 4) is 0 Å². The highest BCUT2D eigenvalue weighted by Crippen LogP contribution is 2.29. The van der Waals surface area contributed by atoms with E-state index in [0.717, 1.165) is 56.2 Å². The van der Waals surface area contributed by atoms with Crippen LogP contribution in [-0.4, -0.2) is 59.9 Å². The molecule has 1 aliphatic heterocycles. The van der Waals surface area contributed by atoms with E-state index in [1.807, 2.05) is 49.4 Å². The van der Waals surface area contributed by atoms with Crippen LogP contribution in [0.15, 0.2) is 78.9 Å². The lowest BCUT2D eigenvalue weighted by molar-refractivity contribution is -0.128. The Balaban J connectivity index is 1.35. The lowest BCUT2D eigenvalue weighted by Crippen LogP contribution is -2.57. The predicted molar refractivity (Wildman–Crippen MR) is 173 cm³/mol. The van der Waals surface area contributed by atoms with Gasteiger partial charge in [0, 0.05) is 37.8 Å². The number of nitrogens with two attached hydrogens (primary N) is 1. The van der Waals surface area contributed by atoms with Crippen LogP contribution in [0.3, 0.4) is 0 Å². The number of halogens is 1. The SMILES string of the molecule is Cc1ccc(C(=O)N2CCC(N(CCc3ccccc3)Cc3ccc(F)cc3)C[C@@H]2C(=O)NCC2CCCC(CN)C2)cc1. The van der Waals surface area contributed by atoms with Gasteiger partial charge in [-0.2, -0.15) is 0 Å². The first-order valence-corrected chi connectivity index (χ1v) is 16.3. The second-order valence-electron chi connectivity index (χ2n) is 12.8. The van der Waals surface area contributed by atoms with Crippen LogP contribution < -0.4 is 11.1 Å². The molecule has 1 aliphatic carbocycles. The summed E-state index contributed by atoms with van der Waals surface area (Å²) in [5, 5.41) is 3.25. The number of carbonyl (C=O) groups is 2. The van der Waals surface area contributed by atoms with Gasteiger partial charge in [-0.25, -0.2) is 4.39 Å². The van der Waals surface area contributed by atoms with Crippen molar-refractivity contribution in [2.45, 2.75) is 70.5 Å². The lowest BCUT2D eigenvalue weighted by Gasteiger charge is -2.43. The molecule has 0 radical (unpaired) electrons. The Hall–Kier alpha value is -3.55. The van der Waals surface area contributed by atoms with Crippen molar-refractivity contribution in [2.75, 3.05) is 26.2 Å².